The molecule has 3 heterocycles. The Labute approximate surface area is 212 Å². The molecule has 0 amide bonds. The fraction of sp³-hybridized carbons (Fsp3) is 0.286. The van der Waals surface area contributed by atoms with Crippen molar-refractivity contribution in [1.29, 1.82) is 0 Å². The topological polar surface area (TPSA) is 116 Å². The minimum Gasteiger partial charge on any atom is -0.497 e. The highest BCUT2D eigenvalue weighted by Gasteiger charge is 2.61. The number of ether oxygens (including phenoxy) is 3. The first kappa shape index (κ1) is 23.2. The smallest absolute Gasteiger partial charge is 0.277 e. The number of hydrogen-bond donors (Lipinski definition) is 2. The molecule has 37 heavy (non-hydrogen) atoms. The summed E-state index contributed by atoms with van der Waals surface area (Å²) in [4.78, 5) is 11.2. The fourth-order valence-electron chi connectivity index (χ4n) is 5.96. The summed E-state index contributed by atoms with van der Waals surface area (Å²) in [6, 6.07) is 17.2. The molecule has 4 aromatic rings. The summed E-state index contributed by atoms with van der Waals surface area (Å²) in [5.74, 6) is 1.19. The second kappa shape index (κ2) is 8.14. The van der Waals surface area contributed by atoms with Crippen molar-refractivity contribution < 1.29 is 29.3 Å². The van der Waals surface area contributed by atoms with Crippen LogP contribution in [0.4, 0.5) is 5.69 Å². The molecule has 3 aromatic carbocycles. The maximum Gasteiger partial charge on any atom is 0.277 e. The molecule has 1 fully saturated rings. The Morgan fingerprint density at radius 2 is 1.65 bits per heavy atom. The molecule has 1 saturated heterocycles. The van der Waals surface area contributed by atoms with E-state index < -0.39 is 16.1 Å². The summed E-state index contributed by atoms with van der Waals surface area (Å²) in [5, 5.41) is 35.5. The zero-order chi connectivity index (χ0) is 25.9. The van der Waals surface area contributed by atoms with Gasteiger partial charge in [0.05, 0.1) is 46.4 Å². The van der Waals surface area contributed by atoms with Crippen LogP contribution in [0.1, 0.15) is 37.3 Å². The third-order valence-corrected chi connectivity index (χ3v) is 7.68. The second-order valence-electron chi connectivity index (χ2n) is 9.74. The summed E-state index contributed by atoms with van der Waals surface area (Å²) in [6.45, 7) is 2.26. The van der Waals surface area contributed by atoms with Crippen molar-refractivity contribution >= 4 is 16.5 Å². The number of nitro groups is 1. The molecular formula is C28H26N2O7. The summed E-state index contributed by atoms with van der Waals surface area (Å²) < 4.78 is 19.0. The van der Waals surface area contributed by atoms with Crippen LogP contribution in [0.3, 0.4) is 0 Å². The lowest BCUT2D eigenvalue weighted by Crippen LogP contribution is -2.25. The highest BCUT2D eigenvalue weighted by Crippen LogP contribution is 2.65. The molecule has 0 spiro atoms. The van der Waals surface area contributed by atoms with Gasteiger partial charge in [-0.15, -0.1) is 0 Å². The van der Waals surface area contributed by atoms with E-state index in [0.29, 0.717) is 59.2 Å². The molecule has 9 nitrogen and oxygen atoms in total. The average Bonchev–Trinajstić information content (AvgIpc) is 3.48. The number of hydrogen-bond acceptors (Lipinski definition) is 7. The van der Waals surface area contributed by atoms with E-state index in [2.05, 4.69) is 0 Å². The Kier molecular flexibility index (Phi) is 5.10. The van der Waals surface area contributed by atoms with Gasteiger partial charge in [-0.3, -0.25) is 14.7 Å². The molecule has 1 aromatic heterocycles. The number of aromatic hydroxyl groups is 2. The lowest BCUT2D eigenvalue weighted by Gasteiger charge is -2.26. The Morgan fingerprint density at radius 1 is 0.973 bits per heavy atom. The molecule has 190 valence electrons. The minimum absolute atomic E-state index is 0.0412. The van der Waals surface area contributed by atoms with Gasteiger partial charge >= 0.3 is 0 Å². The van der Waals surface area contributed by atoms with Crippen molar-refractivity contribution in [1.82, 2.24) is 4.57 Å². The van der Waals surface area contributed by atoms with E-state index in [-0.39, 0.29) is 17.4 Å². The third-order valence-electron chi connectivity index (χ3n) is 7.68. The Balaban J connectivity index is 1.40. The first-order valence-electron chi connectivity index (χ1n) is 12.1. The Hall–Kier alpha value is -4.24. The standard InChI is InChI=1S/C28H26N2O7/c1-27-13-14-28(37-27,15-16-36-18-9-7-17(35-2)8-10-18)24-23(27)25(31)29(26(24)32)21-11-12-22(30(33)34)20-6-4-3-5-19(20)21/h3-12,31-32H,13-16H2,1-2H3. The molecule has 2 atom stereocenters. The SMILES string of the molecule is COc1ccc(OCCC23CCC(C)(O2)c2c3c(O)n(-c3ccc([N+](=O)[O-])c4ccccc34)c2O)cc1. The van der Waals surface area contributed by atoms with Gasteiger partial charge in [0.2, 0.25) is 11.8 Å². The van der Waals surface area contributed by atoms with Gasteiger partial charge in [-0.2, -0.15) is 0 Å². The highest BCUT2D eigenvalue weighted by molar-refractivity contribution is 5.97. The lowest BCUT2D eigenvalue weighted by molar-refractivity contribution is -0.383. The van der Waals surface area contributed by atoms with E-state index in [0.717, 1.165) is 5.75 Å². The first-order valence-corrected chi connectivity index (χ1v) is 12.1. The van der Waals surface area contributed by atoms with Gasteiger partial charge in [0.15, 0.2) is 0 Å². The largest absolute Gasteiger partial charge is 0.497 e. The molecule has 2 aliphatic heterocycles. The number of fused-ring (bicyclic) bond motifs is 6. The number of non-ortho nitro benzene ring substituents is 1. The van der Waals surface area contributed by atoms with E-state index >= 15 is 0 Å². The zero-order valence-corrected chi connectivity index (χ0v) is 20.4. The zero-order valence-electron chi connectivity index (χ0n) is 20.4. The van der Waals surface area contributed by atoms with Crippen LogP contribution in [-0.4, -0.2) is 33.4 Å². The van der Waals surface area contributed by atoms with Crippen LogP contribution in [0.25, 0.3) is 16.5 Å². The van der Waals surface area contributed by atoms with Crippen LogP contribution >= 0.6 is 0 Å². The van der Waals surface area contributed by atoms with Gasteiger partial charge in [-0.1, -0.05) is 18.2 Å². The van der Waals surface area contributed by atoms with Gasteiger partial charge in [0.1, 0.15) is 17.1 Å². The van der Waals surface area contributed by atoms with E-state index in [1.807, 2.05) is 31.2 Å². The van der Waals surface area contributed by atoms with Crippen LogP contribution in [0.2, 0.25) is 0 Å². The minimum atomic E-state index is -0.819. The van der Waals surface area contributed by atoms with Gasteiger partial charge in [0, 0.05) is 17.9 Å². The van der Waals surface area contributed by atoms with E-state index in [1.54, 1.807) is 37.4 Å². The number of methoxy groups -OCH3 is 1. The summed E-state index contributed by atoms with van der Waals surface area (Å²) in [5.41, 5.74) is -0.0554. The monoisotopic (exact) mass is 502 g/mol. The molecular weight excluding hydrogens is 476 g/mol. The van der Waals surface area contributed by atoms with Crippen molar-refractivity contribution in [3.8, 4) is 28.9 Å². The van der Waals surface area contributed by atoms with Crippen LogP contribution in [-0.2, 0) is 15.9 Å². The van der Waals surface area contributed by atoms with E-state index in [1.165, 1.54) is 10.6 Å². The molecule has 2 N–H and O–H groups in total. The molecule has 0 radical (unpaired) electrons. The molecule has 2 bridgehead atoms. The second-order valence-corrected chi connectivity index (χ2v) is 9.74. The number of rotatable bonds is 7. The fourth-order valence-corrected chi connectivity index (χ4v) is 5.96. The van der Waals surface area contributed by atoms with Crippen LogP contribution in [0.5, 0.6) is 23.3 Å². The van der Waals surface area contributed by atoms with Crippen molar-refractivity contribution in [3.63, 3.8) is 0 Å². The van der Waals surface area contributed by atoms with Gasteiger partial charge in [0.25, 0.3) is 5.69 Å². The quantitative estimate of drug-likeness (QED) is 0.247. The third kappa shape index (κ3) is 3.34. The van der Waals surface area contributed by atoms with Crippen molar-refractivity contribution in [3.05, 3.63) is 81.9 Å². The Morgan fingerprint density at radius 3 is 2.35 bits per heavy atom. The van der Waals surface area contributed by atoms with Crippen LogP contribution in [0.15, 0.2) is 60.7 Å². The summed E-state index contributed by atoms with van der Waals surface area (Å²) in [6.07, 6.45) is 1.82. The van der Waals surface area contributed by atoms with Gasteiger partial charge < -0.3 is 24.4 Å². The van der Waals surface area contributed by atoms with E-state index in [9.17, 15) is 20.3 Å². The number of benzene rings is 3. The molecule has 2 aliphatic rings. The molecule has 6 rings (SSSR count). The maximum absolute atomic E-state index is 11.6. The molecule has 9 heteroatoms. The average molecular weight is 503 g/mol. The number of nitro benzene ring substituents is 1. The van der Waals surface area contributed by atoms with Gasteiger partial charge in [-0.05, 0) is 56.2 Å². The lowest BCUT2D eigenvalue weighted by atomic mass is 9.78. The van der Waals surface area contributed by atoms with Crippen molar-refractivity contribution in [2.24, 2.45) is 0 Å². The normalized spacial score (nSPS) is 21.8. The summed E-state index contributed by atoms with van der Waals surface area (Å²) >= 11 is 0. The first-order chi connectivity index (χ1) is 17.8. The predicted molar refractivity (Wildman–Crippen MR) is 136 cm³/mol. The van der Waals surface area contributed by atoms with Crippen LogP contribution in [0, 0.1) is 10.1 Å². The van der Waals surface area contributed by atoms with Crippen molar-refractivity contribution in [2.75, 3.05) is 13.7 Å². The predicted octanol–water partition coefficient (Wildman–Crippen LogP) is 5.66. The molecule has 2 unspecified atom stereocenters. The molecule has 0 saturated carbocycles. The van der Waals surface area contributed by atoms with Gasteiger partial charge in [-0.25, -0.2) is 0 Å². The Bertz CT molecular complexity index is 1540. The van der Waals surface area contributed by atoms with Crippen molar-refractivity contribution in [2.45, 2.75) is 37.4 Å². The molecule has 0 aliphatic carbocycles. The van der Waals surface area contributed by atoms with Crippen LogP contribution < -0.4 is 9.47 Å². The highest BCUT2D eigenvalue weighted by atomic mass is 16.6. The van der Waals surface area contributed by atoms with E-state index in [4.69, 9.17) is 14.2 Å². The number of nitrogens with zero attached hydrogens (tertiary/aromatic N) is 2. The number of aromatic nitrogens is 1. The summed E-state index contributed by atoms with van der Waals surface area (Å²) in [7, 11) is 1.61. The maximum atomic E-state index is 11.6.